The maximum atomic E-state index is 13.4. The van der Waals surface area contributed by atoms with Crippen LogP contribution in [0.15, 0.2) is 33.6 Å². The molecule has 200 valence electrons. The minimum Gasteiger partial charge on any atom is -0.467 e. The van der Waals surface area contributed by atoms with Crippen LogP contribution in [0.2, 0.25) is 0 Å². The smallest absolute Gasteiger partial charge is 0.331 e. The molecule has 0 radical (unpaired) electrons. The molecule has 1 heterocycles. The van der Waals surface area contributed by atoms with E-state index in [9.17, 15) is 22.8 Å². The summed E-state index contributed by atoms with van der Waals surface area (Å²) in [6.07, 6.45) is 0.0513. The molecule has 1 aromatic rings. The van der Waals surface area contributed by atoms with Crippen LogP contribution in [0.3, 0.4) is 0 Å². The molecule has 5 atom stereocenters. The predicted octanol–water partition coefficient (Wildman–Crippen LogP) is 1.96. The fourth-order valence-electron chi connectivity index (χ4n) is 4.51. The molecule has 1 aliphatic heterocycles. The number of carbonyl (C=O) groups excluding carboxylic acids is 3. The second-order valence-electron chi connectivity index (χ2n) is 10.5. The van der Waals surface area contributed by atoms with Gasteiger partial charge in [0.05, 0.1) is 24.2 Å². The van der Waals surface area contributed by atoms with Crippen molar-refractivity contribution in [3.63, 3.8) is 0 Å². The normalized spacial score (nSPS) is 26.9. The van der Waals surface area contributed by atoms with E-state index in [1.54, 1.807) is 32.9 Å². The Labute approximate surface area is 220 Å². The lowest BCUT2D eigenvalue weighted by atomic mass is 9.86. The Morgan fingerprint density at radius 2 is 1.86 bits per heavy atom. The molecule has 3 rings (SSSR count). The molecule has 1 saturated heterocycles. The molecule has 36 heavy (non-hydrogen) atoms. The van der Waals surface area contributed by atoms with Crippen molar-refractivity contribution in [3.05, 3.63) is 28.7 Å². The summed E-state index contributed by atoms with van der Waals surface area (Å²) >= 11 is 3.26. The maximum Gasteiger partial charge on any atom is 0.331 e. The Morgan fingerprint density at radius 1 is 1.25 bits per heavy atom. The number of hydrogen-bond acceptors (Lipinski definition) is 8. The van der Waals surface area contributed by atoms with E-state index in [4.69, 9.17) is 14.7 Å². The average Bonchev–Trinajstić information content (AvgIpc) is 3.37. The first kappa shape index (κ1) is 28.5. The number of nitrogens with one attached hydrogen (secondary N) is 1. The predicted molar refractivity (Wildman–Crippen MR) is 135 cm³/mol. The van der Waals surface area contributed by atoms with Crippen molar-refractivity contribution in [1.82, 2.24) is 10.2 Å². The Balaban J connectivity index is 1.86. The molecule has 0 bridgehead atoms. The molecule has 1 aliphatic carbocycles. The molecule has 0 aromatic heterocycles. The molecule has 2 fully saturated rings. The van der Waals surface area contributed by atoms with E-state index in [0.717, 1.165) is 0 Å². The van der Waals surface area contributed by atoms with Gasteiger partial charge in [-0.15, -0.1) is 0 Å². The van der Waals surface area contributed by atoms with Gasteiger partial charge in [-0.05, 0) is 42.0 Å². The minimum atomic E-state index is -4.16. The fourth-order valence-corrected chi connectivity index (χ4v) is 5.85. The molecule has 2 aliphatic rings. The van der Waals surface area contributed by atoms with Gasteiger partial charge < -0.3 is 20.7 Å². The molecular weight excluding hydrogens is 554 g/mol. The zero-order valence-electron chi connectivity index (χ0n) is 21.1. The van der Waals surface area contributed by atoms with E-state index < -0.39 is 57.0 Å². The van der Waals surface area contributed by atoms with E-state index >= 15 is 0 Å². The molecule has 12 heteroatoms. The Kier molecular flexibility index (Phi) is 8.24. The summed E-state index contributed by atoms with van der Waals surface area (Å²) in [5, 5.41) is 2.79. The molecule has 10 nitrogen and oxygen atoms in total. The summed E-state index contributed by atoms with van der Waals surface area (Å²) < 4.78 is 36.8. The standard InChI is InChI=1S/C24H34BrN3O7S/c1-6-14-12-24(14,22(31)34-5)27-20(29)18-11-16(13-28(18)21(30)19(26)23(2,3)4)35-36(32,33)17-9-7-15(25)8-10-17/h7-10,14,16,18-19H,6,11-13,26H2,1-5H3,(H,27,29)/t14-,16+,18+,19-,24-/m1/s1. The number of hydrogen-bond donors (Lipinski definition) is 2. The van der Waals surface area contributed by atoms with Gasteiger partial charge in [-0.25, -0.2) is 4.79 Å². The summed E-state index contributed by atoms with van der Waals surface area (Å²) in [5.41, 5.74) is 4.46. The number of nitrogens with two attached hydrogens (primary N) is 1. The van der Waals surface area contributed by atoms with Crippen molar-refractivity contribution in [2.75, 3.05) is 13.7 Å². The molecule has 0 unspecified atom stereocenters. The second kappa shape index (κ2) is 10.4. The third-order valence-corrected chi connectivity index (χ3v) is 8.81. The number of nitrogens with zero attached hydrogens (tertiary/aromatic N) is 1. The average molecular weight is 589 g/mol. The monoisotopic (exact) mass is 587 g/mol. The van der Waals surface area contributed by atoms with Crippen LogP contribution in [0.5, 0.6) is 0 Å². The third kappa shape index (κ3) is 5.76. The highest BCUT2D eigenvalue weighted by molar-refractivity contribution is 9.10. The van der Waals surface area contributed by atoms with Gasteiger partial charge in [-0.3, -0.25) is 13.8 Å². The lowest BCUT2D eigenvalue weighted by molar-refractivity contribution is -0.148. The summed E-state index contributed by atoms with van der Waals surface area (Å²) in [4.78, 5) is 40.4. The molecular formula is C24H34BrN3O7S. The summed E-state index contributed by atoms with van der Waals surface area (Å²) in [6, 6.07) is 3.95. The highest BCUT2D eigenvalue weighted by Gasteiger charge is 2.62. The highest BCUT2D eigenvalue weighted by atomic mass is 79.9. The molecule has 0 spiro atoms. The van der Waals surface area contributed by atoms with E-state index in [1.165, 1.54) is 24.1 Å². The number of benzene rings is 1. The Bertz CT molecular complexity index is 1120. The van der Waals surface area contributed by atoms with Crippen molar-refractivity contribution < 1.29 is 31.7 Å². The molecule has 1 saturated carbocycles. The van der Waals surface area contributed by atoms with Gasteiger partial charge in [0.15, 0.2) is 0 Å². The van der Waals surface area contributed by atoms with E-state index in [0.29, 0.717) is 17.3 Å². The van der Waals surface area contributed by atoms with Gasteiger partial charge in [0.2, 0.25) is 11.8 Å². The first-order chi connectivity index (χ1) is 16.7. The van der Waals surface area contributed by atoms with Gasteiger partial charge in [0, 0.05) is 17.4 Å². The SMILES string of the molecule is CC[C@@H]1C[C@]1(NC(=O)[C@@H]1C[C@H](OS(=O)(=O)c2ccc(Br)cc2)CN1C(=O)[C@@H](N)C(C)(C)C)C(=O)OC. The zero-order valence-corrected chi connectivity index (χ0v) is 23.5. The van der Waals surface area contributed by atoms with Crippen molar-refractivity contribution in [2.24, 2.45) is 17.1 Å². The van der Waals surface area contributed by atoms with E-state index in [1.807, 2.05) is 6.92 Å². The van der Waals surface area contributed by atoms with Crippen LogP contribution < -0.4 is 11.1 Å². The van der Waals surface area contributed by atoms with Crippen LogP contribution in [0.25, 0.3) is 0 Å². The lowest BCUT2D eigenvalue weighted by Gasteiger charge is -2.33. The first-order valence-corrected chi connectivity index (χ1v) is 14.0. The molecule has 2 amide bonds. The van der Waals surface area contributed by atoms with Crippen LogP contribution in [-0.2, 0) is 33.4 Å². The van der Waals surface area contributed by atoms with Crippen molar-refractivity contribution in [1.29, 1.82) is 0 Å². The number of amides is 2. The summed E-state index contributed by atoms with van der Waals surface area (Å²) in [6.45, 7) is 7.17. The van der Waals surface area contributed by atoms with Gasteiger partial charge in [0.25, 0.3) is 10.1 Å². The third-order valence-electron chi connectivity index (χ3n) is 6.91. The lowest BCUT2D eigenvalue weighted by Crippen LogP contribution is -2.57. The van der Waals surface area contributed by atoms with Crippen LogP contribution in [0, 0.1) is 11.3 Å². The van der Waals surface area contributed by atoms with Gasteiger partial charge in [0.1, 0.15) is 11.6 Å². The number of esters is 1. The maximum absolute atomic E-state index is 13.4. The Morgan fingerprint density at radius 3 is 2.36 bits per heavy atom. The van der Waals surface area contributed by atoms with Gasteiger partial charge in [-0.1, -0.05) is 50.0 Å². The summed E-state index contributed by atoms with van der Waals surface area (Å²) in [5.74, 6) is -1.70. The second-order valence-corrected chi connectivity index (χ2v) is 13.0. The number of carbonyl (C=O) groups is 3. The van der Waals surface area contributed by atoms with Crippen LogP contribution in [0.4, 0.5) is 0 Å². The van der Waals surface area contributed by atoms with E-state index in [-0.39, 0.29) is 23.8 Å². The fraction of sp³-hybridized carbons (Fsp3) is 0.625. The van der Waals surface area contributed by atoms with Gasteiger partial charge >= 0.3 is 5.97 Å². The minimum absolute atomic E-state index is 0.0451. The van der Waals surface area contributed by atoms with Crippen molar-refractivity contribution in [2.45, 2.75) is 75.6 Å². The Hall–Kier alpha value is -2.02. The first-order valence-electron chi connectivity index (χ1n) is 11.8. The largest absolute Gasteiger partial charge is 0.467 e. The number of ether oxygens (including phenoxy) is 1. The summed E-state index contributed by atoms with van der Waals surface area (Å²) in [7, 11) is -2.90. The number of halogens is 1. The van der Waals surface area contributed by atoms with Gasteiger partial charge in [-0.2, -0.15) is 8.42 Å². The van der Waals surface area contributed by atoms with Crippen molar-refractivity contribution in [3.8, 4) is 0 Å². The topological polar surface area (TPSA) is 145 Å². The number of methoxy groups -OCH3 is 1. The molecule has 1 aromatic carbocycles. The van der Waals surface area contributed by atoms with Crippen LogP contribution in [0.1, 0.15) is 47.0 Å². The zero-order chi connectivity index (χ0) is 27.1. The number of likely N-dealkylation sites (tertiary alicyclic amines) is 1. The van der Waals surface area contributed by atoms with E-state index in [2.05, 4.69) is 21.2 Å². The van der Waals surface area contributed by atoms with Crippen LogP contribution in [-0.4, -0.2) is 68.5 Å². The van der Waals surface area contributed by atoms with Crippen molar-refractivity contribution >= 4 is 43.8 Å². The highest BCUT2D eigenvalue weighted by Crippen LogP contribution is 2.47. The quantitative estimate of drug-likeness (QED) is 0.346. The molecule has 3 N–H and O–H groups in total. The van der Waals surface area contributed by atoms with Crippen LogP contribution >= 0.6 is 15.9 Å². The number of rotatable bonds is 8.